The van der Waals surface area contributed by atoms with Crippen molar-refractivity contribution in [3.8, 4) is 5.75 Å². The van der Waals surface area contributed by atoms with Gasteiger partial charge >= 0.3 is 0 Å². The number of fused-ring (bicyclic) bond motifs is 1. The Hall–Kier alpha value is -2.40. The molecule has 1 aliphatic rings. The summed E-state index contributed by atoms with van der Waals surface area (Å²) in [6.07, 6.45) is -1.98. The van der Waals surface area contributed by atoms with Gasteiger partial charge in [0.15, 0.2) is 12.2 Å². The quantitative estimate of drug-likeness (QED) is 0.672. The SMILES string of the molecule is O=[N+]([O-])[C@H]1[C@H](O)c2ccccc2O[C@@H]1c1ccccc1. The third kappa shape index (κ3) is 2.02. The van der Waals surface area contributed by atoms with E-state index < -0.39 is 23.2 Å². The molecule has 5 heteroatoms. The Kier molecular flexibility index (Phi) is 3.12. The van der Waals surface area contributed by atoms with Gasteiger partial charge in [-0.1, -0.05) is 48.5 Å². The van der Waals surface area contributed by atoms with Gasteiger partial charge in [-0.3, -0.25) is 10.1 Å². The van der Waals surface area contributed by atoms with Gasteiger partial charge in [0, 0.05) is 10.5 Å². The topological polar surface area (TPSA) is 72.6 Å². The van der Waals surface area contributed by atoms with E-state index in [0.29, 0.717) is 16.9 Å². The molecule has 0 aromatic heterocycles. The van der Waals surface area contributed by atoms with E-state index in [4.69, 9.17) is 4.74 Å². The highest BCUT2D eigenvalue weighted by molar-refractivity contribution is 5.39. The summed E-state index contributed by atoms with van der Waals surface area (Å²) in [7, 11) is 0. The third-order valence-electron chi connectivity index (χ3n) is 3.50. The van der Waals surface area contributed by atoms with Gasteiger partial charge in [0.05, 0.1) is 0 Å². The number of aliphatic hydroxyl groups excluding tert-OH is 1. The van der Waals surface area contributed by atoms with Gasteiger partial charge in [0.2, 0.25) is 0 Å². The van der Waals surface area contributed by atoms with Gasteiger partial charge in [-0.2, -0.15) is 0 Å². The van der Waals surface area contributed by atoms with Gasteiger partial charge in [-0.05, 0) is 11.6 Å². The lowest BCUT2D eigenvalue weighted by molar-refractivity contribution is -0.549. The average molecular weight is 271 g/mol. The molecule has 0 spiro atoms. The highest BCUT2D eigenvalue weighted by atomic mass is 16.6. The van der Waals surface area contributed by atoms with Crippen molar-refractivity contribution in [1.29, 1.82) is 0 Å². The molecule has 3 rings (SSSR count). The van der Waals surface area contributed by atoms with Crippen LogP contribution in [0.25, 0.3) is 0 Å². The minimum Gasteiger partial charge on any atom is -0.478 e. The zero-order valence-corrected chi connectivity index (χ0v) is 10.5. The van der Waals surface area contributed by atoms with Crippen LogP contribution in [-0.4, -0.2) is 16.1 Å². The Bertz CT molecular complexity index is 629. The summed E-state index contributed by atoms with van der Waals surface area (Å²) in [5.41, 5.74) is 1.14. The van der Waals surface area contributed by atoms with E-state index in [9.17, 15) is 15.2 Å². The fourth-order valence-electron chi connectivity index (χ4n) is 2.52. The van der Waals surface area contributed by atoms with Crippen molar-refractivity contribution in [2.75, 3.05) is 0 Å². The summed E-state index contributed by atoms with van der Waals surface area (Å²) < 4.78 is 5.76. The molecule has 0 aliphatic carbocycles. The lowest BCUT2D eigenvalue weighted by Crippen LogP contribution is -2.40. The minimum atomic E-state index is -1.22. The summed E-state index contributed by atoms with van der Waals surface area (Å²) in [5, 5.41) is 21.6. The number of hydrogen-bond acceptors (Lipinski definition) is 4. The van der Waals surface area contributed by atoms with Crippen molar-refractivity contribution in [1.82, 2.24) is 0 Å². The van der Waals surface area contributed by atoms with Crippen LogP contribution >= 0.6 is 0 Å². The highest BCUT2D eigenvalue weighted by Crippen LogP contribution is 2.41. The van der Waals surface area contributed by atoms with Crippen molar-refractivity contribution in [2.45, 2.75) is 18.2 Å². The first-order valence-electron chi connectivity index (χ1n) is 6.30. The van der Waals surface area contributed by atoms with Crippen LogP contribution in [0, 0.1) is 10.1 Å². The second-order valence-electron chi connectivity index (χ2n) is 4.71. The molecule has 2 aromatic carbocycles. The van der Waals surface area contributed by atoms with E-state index in [1.165, 1.54) is 0 Å². The molecule has 1 aliphatic heterocycles. The van der Waals surface area contributed by atoms with Gasteiger partial charge in [-0.25, -0.2) is 0 Å². The van der Waals surface area contributed by atoms with Crippen LogP contribution in [-0.2, 0) is 0 Å². The molecule has 5 nitrogen and oxygen atoms in total. The van der Waals surface area contributed by atoms with E-state index in [0.717, 1.165) is 0 Å². The smallest absolute Gasteiger partial charge is 0.283 e. The van der Waals surface area contributed by atoms with Crippen LogP contribution in [0.1, 0.15) is 23.3 Å². The van der Waals surface area contributed by atoms with Gasteiger partial charge in [-0.15, -0.1) is 0 Å². The normalized spacial score (nSPS) is 24.6. The number of nitrogens with zero attached hydrogens (tertiary/aromatic N) is 1. The average Bonchev–Trinajstić information content (AvgIpc) is 2.47. The maximum atomic E-state index is 11.3. The predicted molar refractivity (Wildman–Crippen MR) is 72.0 cm³/mol. The van der Waals surface area contributed by atoms with E-state index >= 15 is 0 Å². The summed E-state index contributed by atoms with van der Waals surface area (Å²) >= 11 is 0. The molecule has 0 unspecified atom stereocenters. The highest BCUT2D eigenvalue weighted by Gasteiger charge is 2.46. The lowest BCUT2D eigenvalue weighted by atomic mass is 9.90. The largest absolute Gasteiger partial charge is 0.478 e. The molecule has 2 aromatic rings. The van der Waals surface area contributed by atoms with Crippen LogP contribution in [0.3, 0.4) is 0 Å². The number of hydrogen-bond donors (Lipinski definition) is 1. The molecule has 20 heavy (non-hydrogen) atoms. The molecular weight excluding hydrogens is 258 g/mol. The monoisotopic (exact) mass is 271 g/mol. The Morgan fingerprint density at radius 3 is 2.40 bits per heavy atom. The number of ether oxygens (including phenoxy) is 1. The van der Waals surface area contributed by atoms with E-state index in [1.807, 2.05) is 6.07 Å². The fraction of sp³-hybridized carbons (Fsp3) is 0.200. The molecule has 3 atom stereocenters. The maximum absolute atomic E-state index is 11.3. The first-order valence-corrected chi connectivity index (χ1v) is 6.30. The first-order chi connectivity index (χ1) is 9.68. The zero-order chi connectivity index (χ0) is 14.1. The number of aliphatic hydroxyl groups is 1. The number of benzene rings is 2. The molecule has 1 heterocycles. The Morgan fingerprint density at radius 2 is 1.70 bits per heavy atom. The molecule has 0 bridgehead atoms. The van der Waals surface area contributed by atoms with Crippen molar-refractivity contribution >= 4 is 0 Å². The van der Waals surface area contributed by atoms with Crippen molar-refractivity contribution in [2.24, 2.45) is 0 Å². The van der Waals surface area contributed by atoms with Crippen molar-refractivity contribution < 1.29 is 14.8 Å². The second-order valence-corrected chi connectivity index (χ2v) is 4.71. The lowest BCUT2D eigenvalue weighted by Gasteiger charge is -2.32. The van der Waals surface area contributed by atoms with Crippen LogP contribution in [0.5, 0.6) is 5.75 Å². The van der Waals surface area contributed by atoms with Crippen LogP contribution < -0.4 is 4.74 Å². The zero-order valence-electron chi connectivity index (χ0n) is 10.5. The Morgan fingerprint density at radius 1 is 1.05 bits per heavy atom. The predicted octanol–water partition coefficient (Wildman–Crippen LogP) is 2.50. The third-order valence-corrected chi connectivity index (χ3v) is 3.50. The van der Waals surface area contributed by atoms with Crippen molar-refractivity contribution in [3.05, 3.63) is 75.8 Å². The molecular formula is C15H13NO4. The van der Waals surface area contributed by atoms with E-state index in [2.05, 4.69) is 0 Å². The standard InChI is InChI=1S/C15H13NO4/c17-14-11-8-4-5-9-12(11)20-15(13(14)16(18)19)10-6-2-1-3-7-10/h1-9,13-15,17H/t13-,14+,15+/m0/s1. The molecule has 0 saturated heterocycles. The summed E-state index contributed by atoms with van der Waals surface area (Å²) in [5.74, 6) is 0.493. The van der Waals surface area contributed by atoms with Crippen LogP contribution in [0.2, 0.25) is 0 Å². The summed E-state index contributed by atoms with van der Waals surface area (Å²) in [6, 6.07) is 14.6. The number of para-hydroxylation sites is 1. The van der Waals surface area contributed by atoms with Gasteiger partial charge in [0.25, 0.3) is 6.04 Å². The molecule has 0 saturated carbocycles. The Labute approximate surface area is 115 Å². The van der Waals surface area contributed by atoms with Gasteiger partial charge < -0.3 is 9.84 Å². The summed E-state index contributed by atoms with van der Waals surface area (Å²) in [6.45, 7) is 0. The molecule has 1 N–H and O–H groups in total. The second kappa shape index (κ2) is 4.94. The molecule has 0 amide bonds. The minimum absolute atomic E-state index is 0.460. The molecule has 102 valence electrons. The number of nitro groups is 1. The Balaban J connectivity index is 2.08. The van der Waals surface area contributed by atoms with E-state index in [-0.39, 0.29) is 0 Å². The molecule has 0 radical (unpaired) electrons. The molecule has 0 fully saturated rings. The maximum Gasteiger partial charge on any atom is 0.283 e. The van der Waals surface area contributed by atoms with E-state index in [1.54, 1.807) is 48.5 Å². The van der Waals surface area contributed by atoms with Crippen LogP contribution in [0.4, 0.5) is 0 Å². The van der Waals surface area contributed by atoms with Crippen LogP contribution in [0.15, 0.2) is 54.6 Å². The van der Waals surface area contributed by atoms with Gasteiger partial charge in [0.1, 0.15) is 5.75 Å². The fourth-order valence-corrected chi connectivity index (χ4v) is 2.52. The number of rotatable bonds is 2. The van der Waals surface area contributed by atoms with Crippen molar-refractivity contribution in [3.63, 3.8) is 0 Å². The first kappa shape index (κ1) is 12.6. The summed E-state index contributed by atoms with van der Waals surface area (Å²) in [4.78, 5) is 10.8.